The molecular weight excluding hydrogens is 276 g/mol. The fourth-order valence-electron chi connectivity index (χ4n) is 6.50. The monoisotopic (exact) mass is 304 g/mol. The fourth-order valence-corrected chi connectivity index (χ4v) is 6.50. The van der Waals surface area contributed by atoms with Gasteiger partial charge in [-0.15, -0.1) is 0 Å². The number of ketones is 1. The second-order valence-corrected chi connectivity index (χ2v) is 8.47. The summed E-state index contributed by atoms with van der Waals surface area (Å²) in [7, 11) is 0. The molecule has 0 heterocycles. The predicted octanol–water partition coefficient (Wildman–Crippen LogP) is 2.85. The summed E-state index contributed by atoms with van der Waals surface area (Å²) >= 11 is 0. The van der Waals surface area contributed by atoms with Gasteiger partial charge in [-0.1, -0.05) is 18.6 Å². The first-order valence-electron chi connectivity index (χ1n) is 9.03. The van der Waals surface area contributed by atoms with E-state index in [1.54, 1.807) is 0 Å². The first-order valence-corrected chi connectivity index (χ1v) is 9.03. The lowest BCUT2D eigenvalue weighted by Gasteiger charge is -2.57. The SMILES string of the molecule is C[C@]12CC[C@@H]3[C@@H](CC=C4C[C@@H](O)CC[C@@]43CO)[C@@H]1CCC2=O. The van der Waals surface area contributed by atoms with Gasteiger partial charge in [0.25, 0.3) is 0 Å². The second kappa shape index (κ2) is 4.91. The van der Waals surface area contributed by atoms with Gasteiger partial charge in [-0.3, -0.25) is 4.79 Å². The van der Waals surface area contributed by atoms with E-state index in [0.717, 1.165) is 51.4 Å². The molecule has 4 aliphatic carbocycles. The van der Waals surface area contributed by atoms with E-state index >= 15 is 0 Å². The van der Waals surface area contributed by atoms with Crippen LogP contribution < -0.4 is 0 Å². The van der Waals surface area contributed by atoms with E-state index < -0.39 is 0 Å². The van der Waals surface area contributed by atoms with Gasteiger partial charge < -0.3 is 10.2 Å². The van der Waals surface area contributed by atoms with Crippen molar-refractivity contribution in [1.82, 2.24) is 0 Å². The molecule has 4 rings (SSSR count). The molecule has 0 amide bonds. The van der Waals surface area contributed by atoms with E-state index in [1.807, 2.05) is 0 Å². The van der Waals surface area contributed by atoms with E-state index in [2.05, 4.69) is 13.0 Å². The fraction of sp³-hybridized carbons (Fsp3) is 0.842. The van der Waals surface area contributed by atoms with Crippen molar-refractivity contribution >= 4 is 5.78 Å². The van der Waals surface area contributed by atoms with Crippen LogP contribution in [0.1, 0.15) is 58.3 Å². The number of aliphatic hydroxyl groups excluding tert-OH is 2. The maximum Gasteiger partial charge on any atom is 0.139 e. The molecule has 3 fully saturated rings. The number of allylic oxidation sites excluding steroid dienone is 1. The van der Waals surface area contributed by atoms with E-state index in [4.69, 9.17) is 0 Å². The molecule has 2 N–H and O–H groups in total. The summed E-state index contributed by atoms with van der Waals surface area (Å²) in [4.78, 5) is 12.4. The maximum absolute atomic E-state index is 12.4. The van der Waals surface area contributed by atoms with Crippen molar-refractivity contribution in [2.24, 2.45) is 28.6 Å². The Balaban J connectivity index is 1.72. The zero-order valence-corrected chi connectivity index (χ0v) is 13.6. The minimum atomic E-state index is -0.232. The molecule has 0 aliphatic heterocycles. The number of fused-ring (bicyclic) bond motifs is 5. The van der Waals surface area contributed by atoms with E-state index in [-0.39, 0.29) is 23.5 Å². The molecule has 0 saturated heterocycles. The molecule has 0 aromatic rings. The van der Waals surface area contributed by atoms with Crippen LogP contribution in [-0.4, -0.2) is 28.7 Å². The van der Waals surface area contributed by atoms with Crippen LogP contribution >= 0.6 is 0 Å². The number of Topliss-reactive ketones (excluding diaryl/α,β-unsaturated/α-hetero) is 1. The number of hydrogen-bond acceptors (Lipinski definition) is 3. The van der Waals surface area contributed by atoms with Gasteiger partial charge in [0.1, 0.15) is 5.78 Å². The third-order valence-corrected chi connectivity index (χ3v) is 7.79. The first-order chi connectivity index (χ1) is 10.5. The maximum atomic E-state index is 12.4. The Morgan fingerprint density at radius 1 is 1.23 bits per heavy atom. The molecule has 22 heavy (non-hydrogen) atoms. The van der Waals surface area contributed by atoms with E-state index in [0.29, 0.717) is 23.5 Å². The lowest BCUT2D eigenvalue weighted by Crippen LogP contribution is -2.53. The predicted molar refractivity (Wildman–Crippen MR) is 84.1 cm³/mol. The highest BCUT2D eigenvalue weighted by molar-refractivity contribution is 5.87. The van der Waals surface area contributed by atoms with Crippen molar-refractivity contribution in [3.8, 4) is 0 Å². The zero-order chi connectivity index (χ0) is 15.5. The van der Waals surface area contributed by atoms with Gasteiger partial charge in [0.15, 0.2) is 0 Å². The summed E-state index contributed by atoms with van der Waals surface area (Å²) in [6, 6.07) is 0. The van der Waals surface area contributed by atoms with Crippen molar-refractivity contribution in [2.75, 3.05) is 6.61 Å². The van der Waals surface area contributed by atoms with Crippen molar-refractivity contribution in [3.05, 3.63) is 11.6 Å². The Morgan fingerprint density at radius 2 is 2.05 bits per heavy atom. The first kappa shape index (κ1) is 14.9. The summed E-state index contributed by atoms with van der Waals surface area (Å²) in [5, 5.41) is 20.3. The van der Waals surface area contributed by atoms with Crippen LogP contribution in [-0.2, 0) is 4.79 Å². The van der Waals surface area contributed by atoms with Crippen LogP contribution in [0.5, 0.6) is 0 Å². The highest BCUT2D eigenvalue weighted by Crippen LogP contribution is 2.63. The molecule has 6 atom stereocenters. The molecule has 3 saturated carbocycles. The summed E-state index contributed by atoms with van der Waals surface area (Å²) < 4.78 is 0. The highest BCUT2D eigenvalue weighted by Gasteiger charge is 2.59. The summed E-state index contributed by atoms with van der Waals surface area (Å²) in [5.41, 5.74) is 1.11. The molecule has 3 heteroatoms. The van der Waals surface area contributed by atoms with Gasteiger partial charge in [0, 0.05) is 17.3 Å². The quantitative estimate of drug-likeness (QED) is 0.732. The van der Waals surface area contributed by atoms with Crippen LogP contribution in [0.4, 0.5) is 0 Å². The van der Waals surface area contributed by atoms with Crippen LogP contribution in [0.15, 0.2) is 11.6 Å². The van der Waals surface area contributed by atoms with Crippen LogP contribution in [0.3, 0.4) is 0 Å². The second-order valence-electron chi connectivity index (χ2n) is 8.47. The Kier molecular flexibility index (Phi) is 3.32. The minimum absolute atomic E-state index is 0.0999. The number of carbonyl (C=O) groups is 1. The third-order valence-electron chi connectivity index (χ3n) is 7.79. The van der Waals surface area contributed by atoms with Gasteiger partial charge in [-0.2, -0.15) is 0 Å². The number of aliphatic hydroxyl groups is 2. The lowest BCUT2D eigenvalue weighted by atomic mass is 9.47. The summed E-state index contributed by atoms with van der Waals surface area (Å²) in [6.45, 7) is 2.41. The van der Waals surface area contributed by atoms with Crippen LogP contribution in [0.2, 0.25) is 0 Å². The molecule has 4 aliphatic rings. The van der Waals surface area contributed by atoms with Crippen molar-refractivity contribution in [2.45, 2.75) is 64.4 Å². The van der Waals surface area contributed by atoms with Crippen molar-refractivity contribution in [1.29, 1.82) is 0 Å². The molecule has 3 nitrogen and oxygen atoms in total. The van der Waals surface area contributed by atoms with Gasteiger partial charge in [-0.25, -0.2) is 0 Å². The van der Waals surface area contributed by atoms with Gasteiger partial charge in [0.05, 0.1) is 12.7 Å². The molecule has 0 spiro atoms. The largest absolute Gasteiger partial charge is 0.395 e. The molecule has 0 bridgehead atoms. The van der Waals surface area contributed by atoms with Gasteiger partial charge in [-0.05, 0) is 62.7 Å². The molecule has 122 valence electrons. The molecule has 0 aromatic carbocycles. The Hall–Kier alpha value is -0.670. The average molecular weight is 304 g/mol. The van der Waals surface area contributed by atoms with Crippen molar-refractivity contribution in [3.63, 3.8) is 0 Å². The number of hydrogen-bond donors (Lipinski definition) is 2. The third kappa shape index (κ3) is 1.78. The van der Waals surface area contributed by atoms with E-state index in [9.17, 15) is 15.0 Å². The smallest absolute Gasteiger partial charge is 0.139 e. The van der Waals surface area contributed by atoms with Gasteiger partial charge >= 0.3 is 0 Å². The molecule has 0 unspecified atom stereocenters. The minimum Gasteiger partial charge on any atom is -0.395 e. The van der Waals surface area contributed by atoms with Crippen LogP contribution in [0, 0.1) is 28.6 Å². The topological polar surface area (TPSA) is 57.5 Å². The normalized spacial score (nSPS) is 50.9. The Morgan fingerprint density at radius 3 is 2.82 bits per heavy atom. The Labute approximate surface area is 132 Å². The van der Waals surface area contributed by atoms with Gasteiger partial charge in [0.2, 0.25) is 0 Å². The molecule has 0 aromatic heterocycles. The van der Waals surface area contributed by atoms with Crippen LogP contribution in [0.25, 0.3) is 0 Å². The average Bonchev–Trinajstić information content (AvgIpc) is 2.82. The zero-order valence-electron chi connectivity index (χ0n) is 13.6. The standard InChI is InChI=1S/C19H28O3/c1-18-8-7-16-14(15(18)4-5-17(18)22)3-2-12-10-13(21)6-9-19(12,16)11-20/h2,13-16,20-21H,3-11H2,1H3/t13-,14-,15-,16+,18-,19+/m0/s1. The van der Waals surface area contributed by atoms with E-state index in [1.165, 1.54) is 5.57 Å². The highest BCUT2D eigenvalue weighted by atomic mass is 16.3. The number of rotatable bonds is 1. The summed E-state index contributed by atoms with van der Waals surface area (Å²) in [6.07, 6.45) is 9.45. The van der Waals surface area contributed by atoms with Crippen molar-refractivity contribution < 1.29 is 15.0 Å². The molecule has 0 radical (unpaired) electrons. The summed E-state index contributed by atoms with van der Waals surface area (Å²) in [5.74, 6) is 2.04. The number of carbonyl (C=O) groups excluding carboxylic acids is 1. The molecular formula is C19H28O3. The lowest BCUT2D eigenvalue weighted by molar-refractivity contribution is -0.133. The Bertz CT molecular complexity index is 525.